The second-order valence-electron chi connectivity index (χ2n) is 8.09. The van der Waals surface area contributed by atoms with Crippen molar-refractivity contribution in [1.29, 1.82) is 0 Å². The zero-order chi connectivity index (χ0) is 19.2. The van der Waals surface area contributed by atoms with Crippen LogP contribution in [0.1, 0.15) is 58.5 Å². The van der Waals surface area contributed by atoms with Crippen molar-refractivity contribution in [2.45, 2.75) is 65.0 Å². The van der Waals surface area contributed by atoms with Gasteiger partial charge < -0.3 is 20.2 Å². The molecule has 1 unspecified atom stereocenters. The van der Waals surface area contributed by atoms with Crippen LogP contribution in [0.2, 0.25) is 0 Å². The first-order valence-electron chi connectivity index (χ1n) is 9.81. The van der Waals surface area contributed by atoms with Crippen molar-refractivity contribution in [2.75, 3.05) is 32.7 Å². The third-order valence-corrected chi connectivity index (χ3v) is 5.05. The summed E-state index contributed by atoms with van der Waals surface area (Å²) in [4.78, 5) is 7.31. The highest BCUT2D eigenvalue weighted by atomic mass is 127. The SMILES string of the molecule is CCNC(=NCC(C)(C)N1CCCCC1)NCC(C)(O)c1ccc(C)o1.I. The molecule has 3 N–H and O–H groups in total. The highest BCUT2D eigenvalue weighted by Gasteiger charge is 2.29. The molecule has 1 aromatic heterocycles. The average molecular weight is 492 g/mol. The van der Waals surface area contributed by atoms with E-state index in [1.165, 1.54) is 19.3 Å². The second kappa shape index (κ2) is 10.7. The largest absolute Gasteiger partial charge is 0.463 e. The number of aryl methyl sites for hydroxylation is 1. The van der Waals surface area contributed by atoms with Gasteiger partial charge in [0.15, 0.2) is 5.96 Å². The molecule has 1 atom stereocenters. The maximum Gasteiger partial charge on any atom is 0.191 e. The van der Waals surface area contributed by atoms with Gasteiger partial charge >= 0.3 is 0 Å². The number of likely N-dealkylation sites (tertiary alicyclic amines) is 1. The normalized spacial score (nSPS) is 18.5. The molecule has 156 valence electrons. The van der Waals surface area contributed by atoms with E-state index in [1.54, 1.807) is 6.92 Å². The van der Waals surface area contributed by atoms with E-state index in [0.29, 0.717) is 18.8 Å². The summed E-state index contributed by atoms with van der Waals surface area (Å²) in [6, 6.07) is 3.69. The van der Waals surface area contributed by atoms with Crippen molar-refractivity contribution >= 4 is 29.9 Å². The lowest BCUT2D eigenvalue weighted by Gasteiger charge is -2.40. The highest BCUT2D eigenvalue weighted by Crippen LogP contribution is 2.22. The van der Waals surface area contributed by atoms with Crippen LogP contribution in [0.3, 0.4) is 0 Å². The third-order valence-electron chi connectivity index (χ3n) is 5.05. The van der Waals surface area contributed by atoms with Crippen LogP contribution in [0, 0.1) is 6.92 Å². The molecule has 7 heteroatoms. The van der Waals surface area contributed by atoms with E-state index >= 15 is 0 Å². The zero-order valence-corrected chi connectivity index (χ0v) is 19.8. The maximum atomic E-state index is 10.7. The Labute approximate surface area is 181 Å². The Hall–Kier alpha value is -0.800. The van der Waals surface area contributed by atoms with Crippen molar-refractivity contribution in [2.24, 2.45) is 4.99 Å². The van der Waals surface area contributed by atoms with Gasteiger partial charge in [0, 0.05) is 12.1 Å². The first kappa shape index (κ1) is 24.2. The number of aliphatic hydroxyl groups is 1. The molecular weight excluding hydrogens is 455 g/mol. The van der Waals surface area contributed by atoms with Gasteiger partial charge in [0.1, 0.15) is 17.1 Å². The predicted molar refractivity (Wildman–Crippen MR) is 122 cm³/mol. The molecule has 0 saturated carbocycles. The number of hydrogen-bond acceptors (Lipinski definition) is 4. The quantitative estimate of drug-likeness (QED) is 0.310. The summed E-state index contributed by atoms with van der Waals surface area (Å²) in [6.07, 6.45) is 3.88. The fourth-order valence-electron chi connectivity index (χ4n) is 3.28. The van der Waals surface area contributed by atoms with Gasteiger partial charge in [-0.25, -0.2) is 0 Å². The Morgan fingerprint density at radius 2 is 1.85 bits per heavy atom. The maximum absolute atomic E-state index is 10.7. The molecule has 2 heterocycles. The van der Waals surface area contributed by atoms with Crippen molar-refractivity contribution in [3.05, 3.63) is 23.7 Å². The molecule has 1 aliphatic heterocycles. The van der Waals surface area contributed by atoms with Crippen LogP contribution < -0.4 is 10.6 Å². The van der Waals surface area contributed by atoms with Crippen LogP contribution in [0.25, 0.3) is 0 Å². The molecule has 1 saturated heterocycles. The van der Waals surface area contributed by atoms with Crippen molar-refractivity contribution in [3.8, 4) is 0 Å². The number of furan rings is 1. The number of nitrogens with one attached hydrogen (secondary N) is 2. The molecule has 2 rings (SSSR count). The predicted octanol–water partition coefficient (Wildman–Crippen LogP) is 3.23. The Bertz CT molecular complexity index is 593. The summed E-state index contributed by atoms with van der Waals surface area (Å²) >= 11 is 0. The minimum Gasteiger partial charge on any atom is -0.463 e. The van der Waals surface area contributed by atoms with Crippen LogP contribution in [0.5, 0.6) is 0 Å². The van der Waals surface area contributed by atoms with E-state index in [2.05, 4.69) is 29.4 Å². The summed E-state index contributed by atoms with van der Waals surface area (Å²) in [7, 11) is 0. The summed E-state index contributed by atoms with van der Waals surface area (Å²) < 4.78 is 5.58. The Balaban J connectivity index is 0.00000364. The van der Waals surface area contributed by atoms with Crippen LogP contribution in [0.15, 0.2) is 21.5 Å². The van der Waals surface area contributed by atoms with E-state index < -0.39 is 5.60 Å². The van der Waals surface area contributed by atoms with E-state index in [-0.39, 0.29) is 29.5 Å². The molecule has 0 spiro atoms. The van der Waals surface area contributed by atoms with E-state index in [0.717, 1.165) is 31.4 Å². The first-order chi connectivity index (χ1) is 12.2. The smallest absolute Gasteiger partial charge is 0.191 e. The molecule has 0 bridgehead atoms. The Kier molecular flexibility index (Phi) is 9.57. The van der Waals surface area contributed by atoms with Gasteiger partial charge in [-0.05, 0) is 72.7 Å². The second-order valence-corrected chi connectivity index (χ2v) is 8.09. The minimum absolute atomic E-state index is 0. The first-order valence-corrected chi connectivity index (χ1v) is 9.81. The summed E-state index contributed by atoms with van der Waals surface area (Å²) in [5.74, 6) is 2.08. The molecule has 0 amide bonds. The lowest BCUT2D eigenvalue weighted by molar-refractivity contribution is 0.0377. The molecule has 1 aliphatic rings. The van der Waals surface area contributed by atoms with E-state index in [4.69, 9.17) is 9.41 Å². The fourth-order valence-corrected chi connectivity index (χ4v) is 3.28. The Morgan fingerprint density at radius 3 is 2.41 bits per heavy atom. The number of halogens is 1. The van der Waals surface area contributed by atoms with Gasteiger partial charge in [0.2, 0.25) is 0 Å². The molecule has 0 radical (unpaired) electrons. The number of aliphatic imine (C=N–C) groups is 1. The van der Waals surface area contributed by atoms with Crippen molar-refractivity contribution < 1.29 is 9.52 Å². The van der Waals surface area contributed by atoms with Crippen LogP contribution in [-0.4, -0.2) is 54.2 Å². The third kappa shape index (κ3) is 7.27. The van der Waals surface area contributed by atoms with E-state index in [9.17, 15) is 5.11 Å². The van der Waals surface area contributed by atoms with Gasteiger partial charge in [-0.2, -0.15) is 0 Å². The monoisotopic (exact) mass is 492 g/mol. The number of nitrogens with zero attached hydrogens (tertiary/aromatic N) is 2. The van der Waals surface area contributed by atoms with Crippen molar-refractivity contribution in [1.82, 2.24) is 15.5 Å². The van der Waals surface area contributed by atoms with Crippen LogP contribution >= 0.6 is 24.0 Å². The van der Waals surface area contributed by atoms with Gasteiger partial charge in [-0.3, -0.25) is 9.89 Å². The molecule has 1 fully saturated rings. The summed E-state index contributed by atoms with van der Waals surface area (Å²) in [5, 5.41) is 17.2. The lowest BCUT2D eigenvalue weighted by Crippen LogP contribution is -2.50. The molecule has 6 nitrogen and oxygen atoms in total. The van der Waals surface area contributed by atoms with Gasteiger partial charge in [-0.1, -0.05) is 6.42 Å². The fraction of sp³-hybridized carbons (Fsp3) is 0.750. The average Bonchev–Trinajstić information content (AvgIpc) is 3.06. The highest BCUT2D eigenvalue weighted by molar-refractivity contribution is 14.0. The number of guanidine groups is 1. The van der Waals surface area contributed by atoms with Gasteiger partial charge in [0.05, 0.1) is 13.1 Å². The lowest BCUT2D eigenvalue weighted by atomic mass is 9.99. The Morgan fingerprint density at radius 1 is 1.19 bits per heavy atom. The number of rotatable bonds is 7. The standard InChI is InChI=1S/C20H36N4O2.HI/c1-6-21-18(22-14-19(3,4)24-12-8-7-9-13-24)23-15-20(5,25)17-11-10-16(2)26-17;/h10-11,25H,6-9,12-15H2,1-5H3,(H2,21,22,23);1H. The molecular formula is C20H37IN4O2. The number of piperidine rings is 1. The summed E-state index contributed by atoms with van der Waals surface area (Å²) in [6.45, 7) is 14.3. The molecule has 0 aromatic carbocycles. The summed E-state index contributed by atoms with van der Waals surface area (Å²) in [5.41, 5.74) is -1.06. The van der Waals surface area contributed by atoms with Crippen LogP contribution in [0.4, 0.5) is 0 Å². The molecule has 0 aliphatic carbocycles. The van der Waals surface area contributed by atoms with Crippen LogP contribution in [-0.2, 0) is 5.60 Å². The van der Waals surface area contributed by atoms with Gasteiger partial charge in [0.25, 0.3) is 0 Å². The molecule has 27 heavy (non-hydrogen) atoms. The molecule has 1 aromatic rings. The minimum atomic E-state index is -1.09. The number of hydrogen-bond donors (Lipinski definition) is 3. The van der Waals surface area contributed by atoms with E-state index in [1.807, 2.05) is 26.0 Å². The topological polar surface area (TPSA) is 73.0 Å². The van der Waals surface area contributed by atoms with Crippen molar-refractivity contribution in [3.63, 3.8) is 0 Å². The zero-order valence-electron chi connectivity index (χ0n) is 17.5. The van der Waals surface area contributed by atoms with Gasteiger partial charge in [-0.15, -0.1) is 24.0 Å².